The molecule has 1 heterocycles. The van der Waals surface area contributed by atoms with Crippen molar-refractivity contribution >= 4 is 27.3 Å². The first kappa shape index (κ1) is 11.6. The van der Waals surface area contributed by atoms with Gasteiger partial charge in [0.25, 0.3) is 0 Å². The van der Waals surface area contributed by atoms with E-state index in [0.717, 1.165) is 24.4 Å². The molecule has 1 aliphatic rings. The first-order valence-electron chi connectivity index (χ1n) is 5.62. The smallest absolute Gasteiger partial charge is 0.0704 e. The third kappa shape index (κ3) is 2.15. The summed E-state index contributed by atoms with van der Waals surface area (Å²) in [6.07, 6.45) is 1.30. The van der Waals surface area contributed by atoms with Crippen LogP contribution in [-0.2, 0) is 0 Å². The van der Waals surface area contributed by atoms with E-state index in [-0.39, 0.29) is 0 Å². The van der Waals surface area contributed by atoms with Crippen LogP contribution in [0.1, 0.15) is 36.6 Å². The Labute approximate surface area is 104 Å². The fraction of sp³-hybridized carbons (Fsp3) is 0.667. The van der Waals surface area contributed by atoms with Crippen molar-refractivity contribution in [3.63, 3.8) is 0 Å². The van der Waals surface area contributed by atoms with E-state index in [2.05, 4.69) is 48.1 Å². The van der Waals surface area contributed by atoms with Crippen molar-refractivity contribution < 1.29 is 0 Å². The largest absolute Gasteiger partial charge is 0.314 e. The van der Waals surface area contributed by atoms with E-state index in [1.807, 2.05) is 11.3 Å². The highest BCUT2D eigenvalue weighted by Gasteiger charge is 2.38. The lowest BCUT2D eigenvalue weighted by molar-refractivity contribution is 0.187. The quantitative estimate of drug-likeness (QED) is 0.889. The number of thiophene rings is 1. The average molecular weight is 288 g/mol. The Hall–Kier alpha value is 0.140. The molecule has 3 heteroatoms. The van der Waals surface area contributed by atoms with Crippen LogP contribution < -0.4 is 5.32 Å². The Balaban J connectivity index is 2.06. The van der Waals surface area contributed by atoms with E-state index in [9.17, 15) is 0 Å². The van der Waals surface area contributed by atoms with Crippen molar-refractivity contribution in [3.05, 3.63) is 20.3 Å². The predicted molar refractivity (Wildman–Crippen MR) is 70.7 cm³/mol. The van der Waals surface area contributed by atoms with Crippen LogP contribution in [0.15, 0.2) is 9.85 Å². The molecule has 0 bridgehead atoms. The standard InChI is InChI=1S/C12H18BrNS/c1-4-14-11-5-9(7(11)2)10-6-12(13)15-8(10)3/h6-7,9,11,14H,4-5H2,1-3H3. The van der Waals surface area contributed by atoms with Crippen molar-refractivity contribution in [1.29, 1.82) is 0 Å². The van der Waals surface area contributed by atoms with Gasteiger partial charge in [-0.3, -0.25) is 0 Å². The fourth-order valence-corrected chi connectivity index (χ4v) is 4.34. The zero-order valence-corrected chi connectivity index (χ0v) is 11.9. The molecule has 3 atom stereocenters. The molecule has 1 saturated carbocycles. The van der Waals surface area contributed by atoms with Crippen LogP contribution in [-0.4, -0.2) is 12.6 Å². The molecular weight excluding hydrogens is 270 g/mol. The zero-order chi connectivity index (χ0) is 11.0. The molecule has 1 aromatic heterocycles. The van der Waals surface area contributed by atoms with Gasteiger partial charge in [0.15, 0.2) is 0 Å². The number of halogens is 1. The van der Waals surface area contributed by atoms with E-state index in [1.165, 1.54) is 15.1 Å². The van der Waals surface area contributed by atoms with Gasteiger partial charge in [0, 0.05) is 10.9 Å². The van der Waals surface area contributed by atoms with Gasteiger partial charge in [-0.15, -0.1) is 11.3 Å². The fourth-order valence-electron chi connectivity index (χ4n) is 2.56. The van der Waals surface area contributed by atoms with Gasteiger partial charge in [-0.2, -0.15) is 0 Å². The third-order valence-corrected chi connectivity index (χ3v) is 5.14. The second kappa shape index (κ2) is 4.56. The molecule has 0 aliphatic heterocycles. The topological polar surface area (TPSA) is 12.0 Å². The molecule has 1 aliphatic carbocycles. The number of hydrogen-bond acceptors (Lipinski definition) is 2. The Morgan fingerprint density at radius 3 is 2.80 bits per heavy atom. The van der Waals surface area contributed by atoms with Gasteiger partial charge in [-0.05, 0) is 59.3 Å². The molecule has 0 radical (unpaired) electrons. The summed E-state index contributed by atoms with van der Waals surface area (Å²) < 4.78 is 1.27. The summed E-state index contributed by atoms with van der Waals surface area (Å²) in [7, 11) is 0. The van der Waals surface area contributed by atoms with Crippen LogP contribution in [0.25, 0.3) is 0 Å². The number of nitrogens with one attached hydrogen (secondary N) is 1. The van der Waals surface area contributed by atoms with E-state index >= 15 is 0 Å². The molecule has 1 nitrogen and oxygen atoms in total. The van der Waals surface area contributed by atoms with Crippen LogP contribution >= 0.6 is 27.3 Å². The molecular formula is C12H18BrNS. The van der Waals surface area contributed by atoms with E-state index in [0.29, 0.717) is 0 Å². The highest BCUT2D eigenvalue weighted by atomic mass is 79.9. The minimum atomic E-state index is 0.734. The van der Waals surface area contributed by atoms with Gasteiger partial charge in [-0.25, -0.2) is 0 Å². The van der Waals surface area contributed by atoms with Crippen LogP contribution in [0.4, 0.5) is 0 Å². The molecule has 0 saturated heterocycles. The second-order valence-corrected chi connectivity index (χ2v) is 7.06. The second-order valence-electron chi connectivity index (χ2n) is 4.43. The Morgan fingerprint density at radius 2 is 2.33 bits per heavy atom. The van der Waals surface area contributed by atoms with E-state index < -0.39 is 0 Å². The molecule has 3 unspecified atom stereocenters. The first-order chi connectivity index (χ1) is 7.13. The molecule has 0 aromatic carbocycles. The molecule has 1 fully saturated rings. The van der Waals surface area contributed by atoms with Gasteiger partial charge in [0.1, 0.15) is 0 Å². The minimum Gasteiger partial charge on any atom is -0.314 e. The summed E-state index contributed by atoms with van der Waals surface area (Å²) in [5, 5.41) is 3.55. The van der Waals surface area contributed by atoms with Crippen molar-refractivity contribution in [2.45, 2.75) is 39.2 Å². The van der Waals surface area contributed by atoms with Crippen LogP contribution in [0.3, 0.4) is 0 Å². The predicted octanol–water partition coefficient (Wildman–Crippen LogP) is 3.92. The summed E-state index contributed by atoms with van der Waals surface area (Å²) in [6, 6.07) is 3.04. The normalized spacial score (nSPS) is 30.3. The van der Waals surface area contributed by atoms with Crippen LogP contribution in [0.5, 0.6) is 0 Å². The molecule has 2 rings (SSSR count). The Morgan fingerprint density at radius 1 is 1.60 bits per heavy atom. The lowest BCUT2D eigenvalue weighted by Crippen LogP contribution is -2.47. The summed E-state index contributed by atoms with van der Waals surface area (Å²) in [5.74, 6) is 1.56. The Bertz CT molecular complexity index is 347. The van der Waals surface area contributed by atoms with E-state index in [1.54, 1.807) is 5.56 Å². The summed E-state index contributed by atoms with van der Waals surface area (Å²) in [5.41, 5.74) is 1.56. The van der Waals surface area contributed by atoms with E-state index in [4.69, 9.17) is 0 Å². The number of rotatable bonds is 3. The van der Waals surface area contributed by atoms with Gasteiger partial charge in [-0.1, -0.05) is 13.8 Å². The molecule has 1 N–H and O–H groups in total. The highest BCUT2D eigenvalue weighted by Crippen LogP contribution is 2.46. The minimum absolute atomic E-state index is 0.734. The summed E-state index contributed by atoms with van der Waals surface area (Å²) in [6.45, 7) is 7.88. The van der Waals surface area contributed by atoms with Crippen molar-refractivity contribution in [2.24, 2.45) is 5.92 Å². The summed E-state index contributed by atoms with van der Waals surface area (Å²) in [4.78, 5) is 1.48. The van der Waals surface area contributed by atoms with Crippen molar-refractivity contribution in [2.75, 3.05) is 6.54 Å². The lowest BCUT2D eigenvalue weighted by atomic mass is 9.67. The maximum atomic E-state index is 3.57. The Kier molecular flexibility index (Phi) is 3.53. The molecule has 0 amide bonds. The van der Waals surface area contributed by atoms with Crippen molar-refractivity contribution in [3.8, 4) is 0 Å². The number of aryl methyl sites for hydroxylation is 1. The van der Waals surface area contributed by atoms with Crippen LogP contribution in [0, 0.1) is 12.8 Å². The van der Waals surface area contributed by atoms with Gasteiger partial charge >= 0.3 is 0 Å². The maximum absolute atomic E-state index is 3.57. The first-order valence-corrected chi connectivity index (χ1v) is 7.23. The van der Waals surface area contributed by atoms with Gasteiger partial charge < -0.3 is 5.32 Å². The molecule has 0 spiro atoms. The van der Waals surface area contributed by atoms with Crippen molar-refractivity contribution in [1.82, 2.24) is 5.32 Å². The van der Waals surface area contributed by atoms with Crippen LogP contribution in [0.2, 0.25) is 0 Å². The SMILES string of the molecule is CCNC1CC(c2cc(Br)sc2C)C1C. The van der Waals surface area contributed by atoms with Gasteiger partial charge in [0.2, 0.25) is 0 Å². The maximum Gasteiger partial charge on any atom is 0.0704 e. The molecule has 1 aromatic rings. The molecule has 84 valence electrons. The zero-order valence-electron chi connectivity index (χ0n) is 9.51. The number of hydrogen-bond donors (Lipinski definition) is 1. The highest BCUT2D eigenvalue weighted by molar-refractivity contribution is 9.11. The molecule has 15 heavy (non-hydrogen) atoms. The lowest BCUT2D eigenvalue weighted by Gasteiger charge is -2.43. The van der Waals surface area contributed by atoms with Gasteiger partial charge in [0.05, 0.1) is 3.79 Å². The third-order valence-electron chi connectivity index (χ3n) is 3.57. The monoisotopic (exact) mass is 287 g/mol. The summed E-state index contributed by atoms with van der Waals surface area (Å²) >= 11 is 5.43. The average Bonchev–Trinajstić information content (AvgIpc) is 2.51.